The van der Waals surface area contributed by atoms with Gasteiger partial charge >= 0.3 is 0 Å². The molecule has 67 heavy (non-hydrogen) atoms. The monoisotopic (exact) mass is 968 g/mol. The van der Waals surface area contributed by atoms with E-state index in [0.717, 1.165) is 44.9 Å². The summed E-state index contributed by atoms with van der Waals surface area (Å²) in [5, 5.41) is 119. The fraction of sp³-hybridized carbons (Fsp3) is 0.938. The minimum Gasteiger partial charge on any atom is -0.394 e. The van der Waals surface area contributed by atoms with Gasteiger partial charge < -0.3 is 89.9 Å². The number of aliphatic hydroxyl groups is 11. The van der Waals surface area contributed by atoms with Gasteiger partial charge in [0.05, 0.1) is 38.6 Å². The average molecular weight is 968 g/mol. The van der Waals surface area contributed by atoms with Crippen molar-refractivity contribution in [3.05, 3.63) is 12.2 Å². The van der Waals surface area contributed by atoms with Crippen LogP contribution in [-0.2, 0) is 33.2 Å². The molecule has 0 bridgehead atoms. The van der Waals surface area contributed by atoms with Gasteiger partial charge in [0, 0.05) is 6.42 Å². The molecular weight excluding hydrogens is 879 g/mol. The molecule has 0 aromatic rings. The molecule has 3 heterocycles. The van der Waals surface area contributed by atoms with E-state index in [1.54, 1.807) is 6.08 Å². The zero-order chi connectivity index (χ0) is 49.1. The number of aliphatic hydroxyl groups excluding tert-OH is 11. The summed E-state index contributed by atoms with van der Waals surface area (Å²) in [6.45, 7) is 1.65. The first-order valence-electron chi connectivity index (χ1n) is 25.4. The molecule has 17 atom stereocenters. The Hall–Kier alpha value is -1.47. The van der Waals surface area contributed by atoms with Crippen LogP contribution in [0.1, 0.15) is 155 Å². The summed E-state index contributed by atoms with van der Waals surface area (Å²) in [4.78, 5) is 13.1. The first-order valence-corrected chi connectivity index (χ1v) is 25.4. The first kappa shape index (κ1) is 59.8. The molecule has 19 nitrogen and oxygen atoms in total. The molecule has 0 aromatic carbocycles. The standard InChI is InChI=1S/C48H89NO18/c1-3-5-7-9-11-13-14-15-16-18-19-21-23-25-32(53)31(49-36(54)26-24-22-20-17-12-10-8-6-4-2)30-62-46-42(60)39(57)44(34(28-51)64-46)67-48-43(61)40(58)45(35(29-52)65-48)66-47-41(59)38(56)37(55)33(27-50)63-47/h23,25,31-35,37-48,50-53,55-61H,3-22,24,26-30H2,1-2H3,(H,49,54). The molecule has 0 aromatic heterocycles. The lowest BCUT2D eigenvalue weighted by molar-refractivity contribution is -0.379. The van der Waals surface area contributed by atoms with Crippen molar-refractivity contribution < 1.29 is 89.4 Å². The highest BCUT2D eigenvalue weighted by Crippen LogP contribution is 2.33. The van der Waals surface area contributed by atoms with Gasteiger partial charge in [-0.3, -0.25) is 4.79 Å². The summed E-state index contributed by atoms with van der Waals surface area (Å²) in [5.74, 6) is -0.281. The molecule has 0 aliphatic carbocycles. The Morgan fingerprint density at radius 1 is 0.522 bits per heavy atom. The van der Waals surface area contributed by atoms with Crippen molar-refractivity contribution in [2.24, 2.45) is 0 Å². The first-order chi connectivity index (χ1) is 32.3. The number of unbranched alkanes of at least 4 members (excludes halogenated alkanes) is 19. The Morgan fingerprint density at radius 3 is 1.40 bits per heavy atom. The van der Waals surface area contributed by atoms with Crippen LogP contribution in [0.15, 0.2) is 12.2 Å². The molecule has 0 saturated carbocycles. The third kappa shape index (κ3) is 20.3. The highest BCUT2D eigenvalue weighted by atomic mass is 16.8. The van der Waals surface area contributed by atoms with Gasteiger partial charge in [0.15, 0.2) is 18.9 Å². The van der Waals surface area contributed by atoms with Crippen molar-refractivity contribution in [2.45, 2.75) is 259 Å². The van der Waals surface area contributed by atoms with Crippen molar-refractivity contribution in [3.63, 3.8) is 0 Å². The number of hydrogen-bond acceptors (Lipinski definition) is 18. The second-order valence-corrected chi connectivity index (χ2v) is 18.6. The van der Waals surface area contributed by atoms with Crippen molar-refractivity contribution in [3.8, 4) is 0 Å². The second-order valence-electron chi connectivity index (χ2n) is 18.6. The predicted molar refractivity (Wildman–Crippen MR) is 245 cm³/mol. The molecule has 17 unspecified atom stereocenters. The average Bonchev–Trinajstić information content (AvgIpc) is 3.32. The van der Waals surface area contributed by atoms with Crippen molar-refractivity contribution >= 4 is 5.91 Å². The zero-order valence-electron chi connectivity index (χ0n) is 40.1. The Kier molecular flexibility index (Phi) is 30.4. The minimum atomic E-state index is -1.97. The topological polar surface area (TPSA) is 307 Å². The van der Waals surface area contributed by atoms with Gasteiger partial charge in [-0.15, -0.1) is 0 Å². The summed E-state index contributed by atoms with van der Waals surface area (Å²) < 4.78 is 34.0. The summed E-state index contributed by atoms with van der Waals surface area (Å²) in [7, 11) is 0. The van der Waals surface area contributed by atoms with E-state index in [0.29, 0.717) is 6.42 Å². The maximum absolute atomic E-state index is 13.1. The molecule has 3 aliphatic heterocycles. The number of allylic oxidation sites excluding steroid dienone is 1. The maximum atomic E-state index is 13.1. The third-order valence-electron chi connectivity index (χ3n) is 13.1. The molecule has 0 radical (unpaired) electrons. The van der Waals surface area contributed by atoms with Crippen LogP contribution in [0.5, 0.6) is 0 Å². The lowest BCUT2D eigenvalue weighted by Gasteiger charge is -2.48. The predicted octanol–water partition coefficient (Wildman–Crippen LogP) is 1.48. The largest absolute Gasteiger partial charge is 0.394 e. The molecule has 394 valence electrons. The van der Waals surface area contributed by atoms with Gasteiger partial charge in [0.2, 0.25) is 5.91 Å². The number of carbonyl (C=O) groups is 1. The molecule has 1 amide bonds. The molecule has 3 fully saturated rings. The van der Waals surface area contributed by atoms with E-state index in [1.165, 1.54) is 83.5 Å². The molecule has 0 spiro atoms. The summed E-state index contributed by atoms with van der Waals surface area (Å²) in [5.41, 5.74) is 0. The normalized spacial score (nSPS) is 33.5. The molecular formula is C48H89NO18. The zero-order valence-corrected chi connectivity index (χ0v) is 40.1. The number of carbonyl (C=O) groups excluding carboxylic acids is 1. The maximum Gasteiger partial charge on any atom is 0.220 e. The van der Waals surface area contributed by atoms with E-state index in [2.05, 4.69) is 19.2 Å². The van der Waals surface area contributed by atoms with Gasteiger partial charge in [-0.05, 0) is 19.3 Å². The smallest absolute Gasteiger partial charge is 0.220 e. The quantitative estimate of drug-likeness (QED) is 0.0316. The summed E-state index contributed by atoms with van der Waals surface area (Å²) in [6.07, 6.45) is 0.877. The van der Waals surface area contributed by atoms with E-state index in [9.17, 15) is 61.0 Å². The number of rotatable bonds is 35. The number of nitrogens with one attached hydrogen (secondary N) is 1. The van der Waals surface area contributed by atoms with Gasteiger partial charge in [-0.1, -0.05) is 142 Å². The van der Waals surface area contributed by atoms with Gasteiger partial charge in [-0.25, -0.2) is 0 Å². The molecule has 3 rings (SSSR count). The lowest BCUT2D eigenvalue weighted by atomic mass is 9.96. The minimum absolute atomic E-state index is 0.246. The van der Waals surface area contributed by atoms with E-state index in [-0.39, 0.29) is 18.9 Å². The van der Waals surface area contributed by atoms with Crippen molar-refractivity contribution in [1.82, 2.24) is 5.32 Å². The molecule has 12 N–H and O–H groups in total. The summed E-state index contributed by atoms with van der Waals surface area (Å²) >= 11 is 0. The van der Waals surface area contributed by atoms with Crippen LogP contribution in [0.4, 0.5) is 0 Å². The van der Waals surface area contributed by atoms with Gasteiger partial charge in [-0.2, -0.15) is 0 Å². The Labute approximate surface area is 397 Å². The van der Waals surface area contributed by atoms with E-state index >= 15 is 0 Å². The fourth-order valence-electron chi connectivity index (χ4n) is 8.78. The van der Waals surface area contributed by atoms with Crippen LogP contribution in [-0.4, -0.2) is 193 Å². The molecule has 3 aliphatic rings. The highest BCUT2D eigenvalue weighted by Gasteiger charge is 2.53. The van der Waals surface area contributed by atoms with Crippen LogP contribution in [0.25, 0.3) is 0 Å². The van der Waals surface area contributed by atoms with Crippen LogP contribution in [0, 0.1) is 0 Å². The Balaban J connectivity index is 1.58. The Bertz CT molecular complexity index is 1300. The fourth-order valence-corrected chi connectivity index (χ4v) is 8.78. The Morgan fingerprint density at radius 2 is 0.925 bits per heavy atom. The van der Waals surface area contributed by atoms with Crippen molar-refractivity contribution in [1.29, 1.82) is 0 Å². The molecule has 19 heteroatoms. The number of ether oxygens (including phenoxy) is 6. The van der Waals surface area contributed by atoms with Gasteiger partial charge in [0.1, 0.15) is 73.2 Å². The van der Waals surface area contributed by atoms with Crippen LogP contribution in [0.3, 0.4) is 0 Å². The van der Waals surface area contributed by atoms with Crippen LogP contribution >= 0.6 is 0 Å². The lowest BCUT2D eigenvalue weighted by Crippen LogP contribution is -2.66. The summed E-state index contributed by atoms with van der Waals surface area (Å²) in [6, 6.07) is -0.963. The second kappa shape index (κ2) is 34.0. The molecule has 3 saturated heterocycles. The third-order valence-corrected chi connectivity index (χ3v) is 13.1. The SMILES string of the molecule is CCCCCCCCCCCCCC=CC(O)C(COC1OC(CO)C(OC2OC(CO)C(OC3OC(CO)C(O)C(O)C3O)C(O)C2O)C(O)C1O)NC(=O)CCCCCCCCCCC. The van der Waals surface area contributed by atoms with E-state index in [4.69, 9.17) is 28.4 Å². The number of amides is 1. The van der Waals surface area contributed by atoms with E-state index < -0.39 is 124 Å². The van der Waals surface area contributed by atoms with Crippen LogP contribution < -0.4 is 5.32 Å². The van der Waals surface area contributed by atoms with E-state index in [1.807, 2.05) is 6.08 Å². The van der Waals surface area contributed by atoms with Crippen molar-refractivity contribution in [2.75, 3.05) is 26.4 Å². The van der Waals surface area contributed by atoms with Crippen LogP contribution in [0.2, 0.25) is 0 Å². The number of hydrogen-bond donors (Lipinski definition) is 12. The van der Waals surface area contributed by atoms with Gasteiger partial charge in [0.25, 0.3) is 0 Å². The highest BCUT2D eigenvalue weighted by molar-refractivity contribution is 5.76.